The highest BCUT2D eigenvalue weighted by atomic mass is 32.4. The molecule has 0 aliphatic carbocycles. The van der Waals surface area contributed by atoms with Crippen molar-refractivity contribution in [3.05, 3.63) is 0 Å². The average Bonchev–Trinajstić information content (AvgIpc) is 1.63. The van der Waals surface area contributed by atoms with Gasteiger partial charge in [0.2, 0.25) is 11.8 Å². The van der Waals surface area contributed by atoms with Gasteiger partial charge >= 0.3 is 7.15 Å². The van der Waals surface area contributed by atoms with Crippen LogP contribution in [0.4, 0.5) is 0 Å². The Morgan fingerprint density at radius 2 is 2.11 bits per heavy atom. The lowest BCUT2D eigenvalue weighted by Crippen LogP contribution is -1.95. The van der Waals surface area contributed by atoms with E-state index in [1.807, 2.05) is 20.8 Å². The van der Waals surface area contributed by atoms with E-state index in [1.165, 1.54) is 0 Å². The van der Waals surface area contributed by atoms with Crippen molar-refractivity contribution in [3.8, 4) is 0 Å². The number of rotatable bonds is 4. The summed E-state index contributed by atoms with van der Waals surface area (Å²) in [5, 5.41) is 0. The Balaban J connectivity index is 3.27. The van der Waals surface area contributed by atoms with E-state index in [2.05, 4.69) is 0 Å². The highest BCUT2D eigenvalue weighted by Crippen LogP contribution is 2.25. The normalized spacial score (nSPS) is 12.2. The van der Waals surface area contributed by atoms with Gasteiger partial charge in [0, 0.05) is 0 Å². The second-order valence-corrected chi connectivity index (χ2v) is 3.61. The molecule has 0 aromatic heterocycles. The van der Waals surface area contributed by atoms with E-state index in [1.54, 1.807) is 0 Å². The molecule has 2 nitrogen and oxygen atoms in total. The predicted octanol–water partition coefficient (Wildman–Crippen LogP) is 2.22. The molecule has 0 rings (SSSR count). The quantitative estimate of drug-likeness (QED) is 0.598. The molecule has 0 aromatic rings. The van der Waals surface area contributed by atoms with Crippen LogP contribution in [0.15, 0.2) is 0 Å². The molecular formula is C5H12O2PS+. The maximum atomic E-state index is 5.15. The Morgan fingerprint density at radius 3 is 2.44 bits per heavy atom. The summed E-state index contributed by atoms with van der Waals surface area (Å²) in [5.41, 5.74) is 0. The van der Waals surface area contributed by atoms with E-state index in [-0.39, 0.29) is 6.10 Å². The maximum Gasteiger partial charge on any atom is 0.521 e. The second kappa shape index (κ2) is 5.24. The van der Waals surface area contributed by atoms with Crippen molar-refractivity contribution in [1.82, 2.24) is 0 Å². The third-order valence-corrected chi connectivity index (χ3v) is 2.17. The molecule has 54 valence electrons. The number of hydrogen-bond donors (Lipinski definition) is 0. The van der Waals surface area contributed by atoms with Crippen LogP contribution in [-0.4, -0.2) is 12.7 Å². The summed E-state index contributed by atoms with van der Waals surface area (Å²) in [5.74, 6) is 0. The van der Waals surface area contributed by atoms with Gasteiger partial charge in [-0.05, 0) is 20.8 Å². The summed E-state index contributed by atoms with van der Waals surface area (Å²) < 4.78 is 10.2. The van der Waals surface area contributed by atoms with Gasteiger partial charge in [0.1, 0.15) is 12.7 Å². The third-order valence-electron chi connectivity index (χ3n) is 0.531. The highest BCUT2D eigenvalue weighted by molar-refractivity contribution is 8.00. The summed E-state index contributed by atoms with van der Waals surface area (Å²) in [6, 6.07) is 0. The van der Waals surface area contributed by atoms with Crippen molar-refractivity contribution in [1.29, 1.82) is 0 Å². The summed E-state index contributed by atoms with van der Waals surface area (Å²) in [6.45, 7) is 6.44. The highest BCUT2D eigenvalue weighted by Gasteiger charge is 2.14. The summed E-state index contributed by atoms with van der Waals surface area (Å²) in [4.78, 5) is 0. The lowest BCUT2D eigenvalue weighted by Gasteiger charge is -1.92. The van der Waals surface area contributed by atoms with Gasteiger partial charge in [-0.3, -0.25) is 0 Å². The Bertz CT molecular complexity index is 95.0. The predicted molar refractivity (Wildman–Crippen MR) is 42.1 cm³/mol. The monoisotopic (exact) mass is 167 g/mol. The number of hydrogen-bond acceptors (Lipinski definition) is 3. The average molecular weight is 167 g/mol. The first-order valence-electron chi connectivity index (χ1n) is 2.93. The van der Waals surface area contributed by atoms with E-state index >= 15 is 0 Å². The van der Waals surface area contributed by atoms with Crippen LogP contribution in [0.3, 0.4) is 0 Å². The minimum absolute atomic E-state index is 0.181. The van der Waals surface area contributed by atoms with E-state index in [4.69, 9.17) is 20.9 Å². The smallest absolute Gasteiger partial charge is 0.142 e. The first-order chi connectivity index (χ1) is 4.16. The van der Waals surface area contributed by atoms with Crippen molar-refractivity contribution in [3.63, 3.8) is 0 Å². The van der Waals surface area contributed by atoms with Crippen LogP contribution in [0, 0.1) is 0 Å². The third kappa shape index (κ3) is 6.32. The molecule has 0 heterocycles. The molecule has 0 N–H and O–H groups in total. The molecule has 0 radical (unpaired) electrons. The molecule has 0 aliphatic rings. The van der Waals surface area contributed by atoms with Crippen LogP contribution in [0.5, 0.6) is 0 Å². The van der Waals surface area contributed by atoms with Gasteiger partial charge in [-0.25, -0.2) is 0 Å². The molecule has 4 heteroatoms. The van der Waals surface area contributed by atoms with Crippen molar-refractivity contribution >= 4 is 19.0 Å². The largest absolute Gasteiger partial charge is 0.521 e. The van der Waals surface area contributed by atoms with Crippen molar-refractivity contribution in [2.75, 3.05) is 6.61 Å². The standard InChI is InChI=1S/C5H12O2PS/c1-4-6-8(9)7-5(2)3/h5H,4H2,1-3H3/q+1. The minimum Gasteiger partial charge on any atom is -0.142 e. The van der Waals surface area contributed by atoms with E-state index in [0.29, 0.717) is 6.61 Å². The fourth-order valence-corrected chi connectivity index (χ4v) is 1.76. The lowest BCUT2D eigenvalue weighted by molar-refractivity contribution is 0.224. The van der Waals surface area contributed by atoms with Gasteiger partial charge in [0.25, 0.3) is 0 Å². The van der Waals surface area contributed by atoms with Crippen molar-refractivity contribution in [2.45, 2.75) is 26.9 Å². The molecule has 0 saturated heterocycles. The first-order valence-corrected chi connectivity index (χ1v) is 5.12. The minimum atomic E-state index is -1.04. The van der Waals surface area contributed by atoms with E-state index in [9.17, 15) is 0 Å². The molecule has 0 saturated carbocycles. The fraction of sp³-hybridized carbons (Fsp3) is 1.00. The van der Waals surface area contributed by atoms with Crippen molar-refractivity contribution < 1.29 is 9.05 Å². The molecule has 0 aromatic carbocycles. The van der Waals surface area contributed by atoms with Gasteiger partial charge in [-0.2, -0.15) is 0 Å². The SMILES string of the molecule is CCO[P+](=S)OC(C)C. The Hall–Kier alpha value is 0.440. The van der Waals surface area contributed by atoms with Crippen LogP contribution in [-0.2, 0) is 20.9 Å². The molecule has 0 fully saturated rings. The van der Waals surface area contributed by atoms with Gasteiger partial charge in [0.05, 0.1) is 0 Å². The van der Waals surface area contributed by atoms with E-state index < -0.39 is 7.15 Å². The second-order valence-electron chi connectivity index (χ2n) is 1.80. The van der Waals surface area contributed by atoms with Crippen LogP contribution < -0.4 is 0 Å². The summed E-state index contributed by atoms with van der Waals surface area (Å²) in [7, 11) is -1.04. The molecule has 0 spiro atoms. The first kappa shape index (κ1) is 9.44. The van der Waals surface area contributed by atoms with Crippen LogP contribution >= 0.6 is 7.15 Å². The Morgan fingerprint density at radius 1 is 1.56 bits per heavy atom. The maximum absolute atomic E-state index is 5.15. The molecule has 0 amide bonds. The molecule has 0 bridgehead atoms. The molecule has 1 atom stereocenters. The summed E-state index contributed by atoms with van der Waals surface area (Å²) in [6.07, 6.45) is 0.181. The van der Waals surface area contributed by atoms with E-state index in [0.717, 1.165) is 0 Å². The molecular weight excluding hydrogens is 155 g/mol. The van der Waals surface area contributed by atoms with Gasteiger partial charge in [-0.1, -0.05) is 0 Å². The lowest BCUT2D eigenvalue weighted by atomic mass is 10.5. The van der Waals surface area contributed by atoms with Crippen molar-refractivity contribution in [2.24, 2.45) is 0 Å². The Labute approximate surface area is 62.1 Å². The zero-order valence-corrected chi connectivity index (χ0v) is 7.67. The Kier molecular flexibility index (Phi) is 5.50. The molecule has 9 heavy (non-hydrogen) atoms. The molecule has 1 unspecified atom stereocenters. The van der Waals surface area contributed by atoms with Crippen LogP contribution in [0.25, 0.3) is 0 Å². The summed E-state index contributed by atoms with van der Waals surface area (Å²) >= 11 is 4.83. The zero-order chi connectivity index (χ0) is 7.28. The van der Waals surface area contributed by atoms with Crippen LogP contribution in [0.1, 0.15) is 20.8 Å². The topological polar surface area (TPSA) is 18.5 Å². The van der Waals surface area contributed by atoms with Gasteiger partial charge in [0.15, 0.2) is 0 Å². The zero-order valence-electron chi connectivity index (χ0n) is 5.96. The van der Waals surface area contributed by atoms with Gasteiger partial charge < -0.3 is 0 Å². The van der Waals surface area contributed by atoms with Crippen LogP contribution in [0.2, 0.25) is 0 Å². The molecule has 0 aliphatic heterocycles. The fourth-order valence-electron chi connectivity index (χ4n) is 0.308. The van der Waals surface area contributed by atoms with Gasteiger partial charge in [-0.15, -0.1) is 9.05 Å².